The molecule has 4 heteroatoms. The molecule has 0 aliphatic carbocycles. The van der Waals surface area contributed by atoms with Crippen LogP contribution in [-0.2, 0) is 10.8 Å². The van der Waals surface area contributed by atoms with Crippen LogP contribution in [0, 0.1) is 0 Å². The summed E-state index contributed by atoms with van der Waals surface area (Å²) in [6.45, 7) is 18.3. The first kappa shape index (κ1) is 31.1. The van der Waals surface area contributed by atoms with Crippen LogP contribution in [0.2, 0.25) is 0 Å². The summed E-state index contributed by atoms with van der Waals surface area (Å²) in [5.41, 5.74) is 12.6. The second kappa shape index (κ2) is 11.2. The molecule has 0 fully saturated rings. The van der Waals surface area contributed by atoms with E-state index in [1.807, 2.05) is 12.3 Å². The molecule has 3 heterocycles. The van der Waals surface area contributed by atoms with Gasteiger partial charge in [0.2, 0.25) is 0 Å². The van der Waals surface area contributed by atoms with Crippen LogP contribution in [0.1, 0.15) is 72.6 Å². The molecule has 8 aromatic rings. The molecule has 0 saturated heterocycles. The number of aromatic nitrogens is 4. The summed E-state index contributed by atoms with van der Waals surface area (Å²) in [5, 5.41) is 4.91. The fraction of sp³-hybridized carbons (Fsp3) is 0.244. The molecule has 8 rings (SSSR count). The first-order valence-electron chi connectivity index (χ1n) is 17.4. The number of para-hydroxylation sites is 1. The summed E-state index contributed by atoms with van der Waals surface area (Å²) < 4.78 is 2.43. The van der Waals surface area contributed by atoms with Crippen molar-refractivity contribution >= 4 is 43.6 Å². The van der Waals surface area contributed by atoms with E-state index in [0.717, 1.165) is 50.3 Å². The molecule has 1 N–H and O–H groups in total. The molecule has 0 saturated carbocycles. The molecule has 244 valence electrons. The average Bonchev–Trinajstić information content (AvgIpc) is 3.66. The maximum absolute atomic E-state index is 5.62. The van der Waals surface area contributed by atoms with Crippen molar-refractivity contribution in [3.05, 3.63) is 120 Å². The minimum absolute atomic E-state index is 0.0428. The van der Waals surface area contributed by atoms with Gasteiger partial charge >= 0.3 is 0 Å². The summed E-state index contributed by atoms with van der Waals surface area (Å²) in [7, 11) is 0. The van der Waals surface area contributed by atoms with Crippen molar-refractivity contribution in [1.82, 2.24) is 19.5 Å². The number of rotatable bonds is 4. The number of benzene rings is 5. The summed E-state index contributed by atoms with van der Waals surface area (Å²) in [4.78, 5) is 14.2. The minimum atomic E-state index is -0.0428. The number of hydrogen-bond acceptors (Lipinski definition) is 2. The largest absolute Gasteiger partial charge is 0.354 e. The highest BCUT2D eigenvalue weighted by atomic mass is 15.1. The summed E-state index contributed by atoms with van der Waals surface area (Å²) in [5.74, 6) is 0.987. The van der Waals surface area contributed by atoms with Gasteiger partial charge in [0.05, 0.1) is 22.2 Å². The second-order valence-electron chi connectivity index (χ2n) is 15.9. The van der Waals surface area contributed by atoms with E-state index in [1.54, 1.807) is 0 Å². The Balaban J connectivity index is 1.44. The Kier molecular flexibility index (Phi) is 7.08. The van der Waals surface area contributed by atoms with Crippen LogP contribution >= 0.6 is 0 Å². The highest BCUT2D eigenvalue weighted by Crippen LogP contribution is 2.43. The van der Waals surface area contributed by atoms with Crippen molar-refractivity contribution in [1.29, 1.82) is 0 Å². The van der Waals surface area contributed by atoms with Gasteiger partial charge in [-0.05, 0) is 107 Å². The van der Waals surface area contributed by atoms with Gasteiger partial charge in [-0.2, -0.15) is 0 Å². The van der Waals surface area contributed by atoms with Gasteiger partial charge in [0.15, 0.2) is 0 Å². The molecule has 0 amide bonds. The number of imidazole rings is 1. The third-order valence-electron chi connectivity index (χ3n) is 10.0. The zero-order valence-corrected chi connectivity index (χ0v) is 29.8. The molecule has 0 atom stereocenters. The highest BCUT2D eigenvalue weighted by molar-refractivity contribution is 6.13. The van der Waals surface area contributed by atoms with Gasteiger partial charge in [0.25, 0.3) is 0 Å². The van der Waals surface area contributed by atoms with Gasteiger partial charge in [-0.1, -0.05) is 90.1 Å². The Labute approximate surface area is 288 Å². The lowest BCUT2D eigenvalue weighted by atomic mass is 9.84. The first-order valence-corrected chi connectivity index (χ1v) is 17.4. The summed E-state index contributed by atoms with van der Waals surface area (Å²) in [6, 6.07) is 37.8. The number of pyridine rings is 1. The monoisotopic (exact) mass is 640 g/mol. The lowest BCUT2D eigenvalue weighted by Gasteiger charge is -2.22. The van der Waals surface area contributed by atoms with Gasteiger partial charge in [-0.15, -0.1) is 0 Å². The van der Waals surface area contributed by atoms with Crippen molar-refractivity contribution in [2.24, 2.45) is 0 Å². The zero-order valence-electron chi connectivity index (χ0n) is 29.8. The van der Waals surface area contributed by atoms with Crippen molar-refractivity contribution in [3.63, 3.8) is 0 Å². The average molecular weight is 641 g/mol. The Morgan fingerprint density at radius 2 is 1.39 bits per heavy atom. The van der Waals surface area contributed by atoms with E-state index in [2.05, 4.69) is 162 Å². The number of fused-ring (bicyclic) bond motifs is 5. The van der Waals surface area contributed by atoms with Crippen molar-refractivity contribution in [3.8, 4) is 33.8 Å². The van der Waals surface area contributed by atoms with Gasteiger partial charge in [0.1, 0.15) is 5.82 Å². The van der Waals surface area contributed by atoms with Crippen LogP contribution in [0.3, 0.4) is 0 Å². The zero-order chi connectivity index (χ0) is 34.2. The maximum Gasteiger partial charge on any atom is 0.143 e. The molecule has 0 spiro atoms. The van der Waals surface area contributed by atoms with Gasteiger partial charge < -0.3 is 9.55 Å². The lowest BCUT2D eigenvalue weighted by Crippen LogP contribution is -2.12. The standard InChI is InChI=1S/C45H44N4/c1-27(2)49-40-18-13-16-33(34-23-29(38-17-11-12-21-46-38)22-28-14-9-10-15-32(28)34)42(40)48-43(49)37-26-31(45(6,7)8)25-36-35-24-30(44(3,4)5)19-20-39(35)47-41(36)37/h9-27,47H,1-8H3. The highest BCUT2D eigenvalue weighted by Gasteiger charge is 2.25. The van der Waals surface area contributed by atoms with Crippen LogP contribution < -0.4 is 0 Å². The van der Waals surface area contributed by atoms with E-state index in [4.69, 9.17) is 9.97 Å². The Bertz CT molecular complexity index is 2530. The van der Waals surface area contributed by atoms with E-state index in [1.165, 1.54) is 38.2 Å². The fourth-order valence-electron chi connectivity index (χ4n) is 7.34. The van der Waals surface area contributed by atoms with Crippen LogP contribution in [0.25, 0.3) is 77.4 Å². The van der Waals surface area contributed by atoms with Gasteiger partial charge in [0, 0.05) is 45.2 Å². The molecule has 0 unspecified atom stereocenters. The van der Waals surface area contributed by atoms with E-state index in [-0.39, 0.29) is 16.9 Å². The summed E-state index contributed by atoms with van der Waals surface area (Å²) >= 11 is 0. The normalized spacial score (nSPS) is 12.7. The third kappa shape index (κ3) is 5.22. The molecule has 3 aromatic heterocycles. The Morgan fingerprint density at radius 1 is 0.633 bits per heavy atom. The number of nitrogens with zero attached hydrogens (tertiary/aromatic N) is 3. The van der Waals surface area contributed by atoms with Crippen molar-refractivity contribution < 1.29 is 0 Å². The first-order chi connectivity index (χ1) is 23.4. The van der Waals surface area contributed by atoms with Crippen LogP contribution in [0.15, 0.2) is 109 Å². The quantitative estimate of drug-likeness (QED) is 0.208. The molecule has 4 nitrogen and oxygen atoms in total. The van der Waals surface area contributed by atoms with Crippen molar-refractivity contribution in [2.75, 3.05) is 0 Å². The number of nitrogens with one attached hydrogen (secondary N) is 1. The molecular formula is C45H44N4. The van der Waals surface area contributed by atoms with E-state index in [9.17, 15) is 0 Å². The van der Waals surface area contributed by atoms with Crippen LogP contribution in [0.4, 0.5) is 0 Å². The number of aromatic amines is 1. The summed E-state index contributed by atoms with van der Waals surface area (Å²) in [6.07, 6.45) is 1.86. The van der Waals surface area contributed by atoms with E-state index in [0.29, 0.717) is 0 Å². The van der Waals surface area contributed by atoms with Gasteiger partial charge in [-0.3, -0.25) is 4.98 Å². The molecule has 5 aromatic carbocycles. The third-order valence-corrected chi connectivity index (χ3v) is 10.0. The molecule has 0 aliphatic rings. The predicted molar refractivity (Wildman–Crippen MR) is 208 cm³/mol. The lowest BCUT2D eigenvalue weighted by molar-refractivity contribution is 0.590. The predicted octanol–water partition coefficient (Wildman–Crippen LogP) is 12.4. The minimum Gasteiger partial charge on any atom is -0.354 e. The number of hydrogen-bond donors (Lipinski definition) is 1. The number of H-pyrrole nitrogens is 1. The Hall–Kier alpha value is -5.22. The molecule has 0 radical (unpaired) electrons. The van der Waals surface area contributed by atoms with Crippen molar-refractivity contribution in [2.45, 2.75) is 72.3 Å². The van der Waals surface area contributed by atoms with Crippen LogP contribution in [-0.4, -0.2) is 19.5 Å². The second-order valence-corrected chi connectivity index (χ2v) is 15.9. The molecule has 0 aliphatic heterocycles. The fourth-order valence-corrected chi connectivity index (χ4v) is 7.34. The molecular weight excluding hydrogens is 597 g/mol. The molecule has 49 heavy (non-hydrogen) atoms. The Morgan fingerprint density at radius 3 is 2.12 bits per heavy atom. The van der Waals surface area contributed by atoms with Crippen LogP contribution in [0.5, 0.6) is 0 Å². The van der Waals surface area contributed by atoms with Gasteiger partial charge in [-0.25, -0.2) is 4.98 Å². The van der Waals surface area contributed by atoms with E-state index < -0.39 is 0 Å². The van der Waals surface area contributed by atoms with E-state index >= 15 is 0 Å². The smallest absolute Gasteiger partial charge is 0.143 e. The SMILES string of the molecule is CC(C)n1c(-c2cc(C(C)(C)C)cc3c2[nH]c2ccc(C(C)(C)C)cc23)nc2c(-c3cc(-c4ccccn4)cc4ccccc34)cccc21. The maximum atomic E-state index is 5.62. The molecule has 0 bridgehead atoms. The topological polar surface area (TPSA) is 46.5 Å².